The molecule has 1 aliphatic rings. The Hall–Kier alpha value is -2.56. The first-order chi connectivity index (χ1) is 13.5. The largest absolute Gasteiger partial charge is 0.573 e. The minimum atomic E-state index is -5.02. The van der Waals surface area contributed by atoms with Crippen molar-refractivity contribution in [3.63, 3.8) is 0 Å². The first-order valence-electron chi connectivity index (χ1n) is 9.06. The van der Waals surface area contributed by atoms with Gasteiger partial charge in [0.05, 0.1) is 12.0 Å². The Morgan fingerprint density at radius 2 is 1.86 bits per heavy atom. The van der Waals surface area contributed by atoms with Crippen molar-refractivity contribution >= 4 is 17.6 Å². The maximum Gasteiger partial charge on any atom is 0.573 e. The second-order valence-corrected chi connectivity index (χ2v) is 6.92. The molecule has 0 aliphatic carbocycles. The Bertz CT molecular complexity index is 734. The topological polar surface area (TPSA) is 90.9 Å². The van der Waals surface area contributed by atoms with E-state index >= 15 is 0 Å². The lowest BCUT2D eigenvalue weighted by atomic mass is 10.0. The van der Waals surface area contributed by atoms with Crippen LogP contribution in [0.4, 0.5) is 28.0 Å². The number of piperidine rings is 1. The van der Waals surface area contributed by atoms with Gasteiger partial charge in [0.15, 0.2) is 11.6 Å². The fourth-order valence-corrected chi connectivity index (χ4v) is 2.88. The number of nitrogens with zero attached hydrogens (tertiary/aromatic N) is 1. The van der Waals surface area contributed by atoms with Gasteiger partial charge in [-0.2, -0.15) is 0 Å². The second kappa shape index (κ2) is 9.29. The van der Waals surface area contributed by atoms with E-state index in [2.05, 4.69) is 15.4 Å². The van der Waals surface area contributed by atoms with Crippen LogP contribution < -0.4 is 15.4 Å². The number of aliphatic hydroxyl groups excluding tert-OH is 1. The van der Waals surface area contributed by atoms with Crippen LogP contribution >= 0.6 is 0 Å². The highest BCUT2D eigenvalue weighted by Crippen LogP contribution is 2.27. The third-order valence-corrected chi connectivity index (χ3v) is 4.67. The van der Waals surface area contributed by atoms with Crippen molar-refractivity contribution in [1.29, 1.82) is 0 Å². The molecule has 1 aromatic carbocycles. The number of hydrogen-bond acceptors (Lipinski definition) is 4. The summed E-state index contributed by atoms with van der Waals surface area (Å²) >= 11 is 0. The number of benzene rings is 1. The van der Waals surface area contributed by atoms with Gasteiger partial charge >= 0.3 is 12.4 Å². The van der Waals surface area contributed by atoms with Gasteiger partial charge in [-0.3, -0.25) is 4.79 Å². The third kappa shape index (κ3) is 6.77. The Morgan fingerprint density at radius 1 is 1.24 bits per heavy atom. The molecule has 29 heavy (non-hydrogen) atoms. The number of carbonyl (C=O) groups excluding carboxylic acids is 2. The number of hydrogen-bond donors (Lipinski definition) is 3. The first kappa shape index (κ1) is 22.7. The summed E-state index contributed by atoms with van der Waals surface area (Å²) in [6, 6.07) is 1.71. The zero-order chi connectivity index (χ0) is 21.8. The molecule has 2 rings (SSSR count). The predicted octanol–water partition coefficient (Wildman–Crippen LogP) is 2.85. The quantitative estimate of drug-likeness (QED) is 0.638. The van der Waals surface area contributed by atoms with Gasteiger partial charge in [0.2, 0.25) is 5.91 Å². The Labute approximate surface area is 165 Å². The van der Waals surface area contributed by atoms with E-state index in [0.29, 0.717) is 25.9 Å². The highest BCUT2D eigenvalue weighted by molar-refractivity contribution is 5.89. The van der Waals surface area contributed by atoms with Crippen molar-refractivity contribution in [2.24, 2.45) is 5.92 Å². The third-order valence-electron chi connectivity index (χ3n) is 4.67. The van der Waals surface area contributed by atoms with Crippen molar-refractivity contribution in [2.75, 3.05) is 18.4 Å². The number of amides is 3. The summed E-state index contributed by atoms with van der Waals surface area (Å²) in [5.74, 6) is -2.92. The van der Waals surface area contributed by atoms with Crippen molar-refractivity contribution in [3.8, 4) is 5.75 Å². The van der Waals surface area contributed by atoms with Crippen LogP contribution in [0.2, 0.25) is 0 Å². The molecule has 1 unspecified atom stereocenters. The molecule has 0 aromatic heterocycles. The summed E-state index contributed by atoms with van der Waals surface area (Å²) in [6.45, 7) is 4.03. The maximum atomic E-state index is 13.7. The summed E-state index contributed by atoms with van der Waals surface area (Å²) in [5.41, 5.74) is -0.0344. The molecule has 3 amide bonds. The molecule has 0 saturated carbocycles. The lowest BCUT2D eigenvalue weighted by Gasteiger charge is -2.34. The average Bonchev–Trinajstić information content (AvgIpc) is 2.62. The van der Waals surface area contributed by atoms with E-state index in [1.165, 1.54) is 0 Å². The minimum absolute atomic E-state index is 0.0344. The number of halogens is 4. The fraction of sp³-hybridized carbons (Fsp3) is 0.556. The van der Waals surface area contributed by atoms with Crippen molar-refractivity contribution in [2.45, 2.75) is 45.2 Å². The van der Waals surface area contributed by atoms with Crippen LogP contribution in [0.1, 0.15) is 26.7 Å². The number of urea groups is 1. The number of alkyl halides is 3. The van der Waals surface area contributed by atoms with E-state index in [-0.39, 0.29) is 17.6 Å². The Morgan fingerprint density at radius 3 is 2.38 bits per heavy atom. The smallest absolute Gasteiger partial charge is 0.403 e. The normalized spacial score (nSPS) is 17.4. The monoisotopic (exact) mass is 421 g/mol. The zero-order valence-corrected chi connectivity index (χ0v) is 15.9. The number of anilines is 1. The SMILES string of the molecule is CC(O)[C@H](C)C(=O)N1CCC(NC(=O)Nc2ccc(OC(F)(F)F)c(F)c2)CC1. The molecular formula is C18H23F4N3O4. The second-order valence-electron chi connectivity index (χ2n) is 6.92. The number of rotatable bonds is 5. The van der Waals surface area contributed by atoms with Gasteiger partial charge in [-0.25, -0.2) is 9.18 Å². The lowest BCUT2D eigenvalue weighted by Crippen LogP contribution is -2.49. The minimum Gasteiger partial charge on any atom is -0.403 e. The fourth-order valence-electron chi connectivity index (χ4n) is 2.88. The Balaban J connectivity index is 1.83. The predicted molar refractivity (Wildman–Crippen MR) is 95.7 cm³/mol. The van der Waals surface area contributed by atoms with Gasteiger partial charge < -0.3 is 25.4 Å². The molecule has 0 spiro atoms. The standard InChI is InChI=1S/C18H23F4N3O4/c1-10(11(2)26)16(27)25-7-5-12(6-8-25)23-17(28)24-13-3-4-15(14(19)9-13)29-18(20,21)22/h3-4,9-12,26H,5-8H2,1-2H3,(H2,23,24,28)/t10-,11?/m0/s1. The molecule has 1 heterocycles. The molecule has 2 atom stereocenters. The number of carbonyl (C=O) groups is 2. The molecule has 1 saturated heterocycles. The van der Waals surface area contributed by atoms with Crippen LogP contribution in [0.5, 0.6) is 5.75 Å². The van der Waals surface area contributed by atoms with Crippen LogP contribution in [0, 0.1) is 11.7 Å². The van der Waals surface area contributed by atoms with Gasteiger partial charge in [-0.15, -0.1) is 13.2 Å². The highest BCUT2D eigenvalue weighted by Gasteiger charge is 2.32. The van der Waals surface area contributed by atoms with Gasteiger partial charge in [0.1, 0.15) is 0 Å². The molecule has 0 radical (unpaired) electrons. The summed E-state index contributed by atoms with van der Waals surface area (Å²) in [7, 11) is 0. The molecule has 0 bridgehead atoms. The van der Waals surface area contributed by atoms with E-state index in [1.54, 1.807) is 18.7 Å². The molecule has 1 aliphatic heterocycles. The van der Waals surface area contributed by atoms with Gasteiger partial charge in [0, 0.05) is 30.9 Å². The van der Waals surface area contributed by atoms with Crippen molar-refractivity contribution in [1.82, 2.24) is 10.2 Å². The van der Waals surface area contributed by atoms with Crippen LogP contribution in [0.25, 0.3) is 0 Å². The highest BCUT2D eigenvalue weighted by atomic mass is 19.4. The van der Waals surface area contributed by atoms with E-state index < -0.39 is 36.0 Å². The molecule has 162 valence electrons. The summed E-state index contributed by atoms with van der Waals surface area (Å²) < 4.78 is 53.6. The molecule has 1 fully saturated rings. The van der Waals surface area contributed by atoms with Crippen molar-refractivity contribution in [3.05, 3.63) is 24.0 Å². The van der Waals surface area contributed by atoms with E-state index in [4.69, 9.17) is 0 Å². The molecular weight excluding hydrogens is 398 g/mol. The van der Waals surface area contributed by atoms with Gasteiger partial charge in [-0.05, 0) is 31.9 Å². The Kier molecular flexibility index (Phi) is 7.28. The van der Waals surface area contributed by atoms with Crippen LogP contribution in [0.3, 0.4) is 0 Å². The molecule has 11 heteroatoms. The first-order valence-corrected chi connectivity index (χ1v) is 9.06. The summed E-state index contributed by atoms with van der Waals surface area (Å²) in [6.07, 6.45) is -4.77. The zero-order valence-electron chi connectivity index (χ0n) is 15.9. The van der Waals surface area contributed by atoms with Crippen LogP contribution in [-0.4, -0.2) is 53.5 Å². The molecule has 1 aromatic rings. The van der Waals surface area contributed by atoms with E-state index in [9.17, 15) is 32.3 Å². The van der Waals surface area contributed by atoms with E-state index in [1.807, 2.05) is 0 Å². The summed E-state index contributed by atoms with van der Waals surface area (Å²) in [4.78, 5) is 25.9. The van der Waals surface area contributed by atoms with Gasteiger partial charge in [-0.1, -0.05) is 6.92 Å². The summed E-state index contributed by atoms with van der Waals surface area (Å²) in [5, 5.41) is 14.5. The maximum absolute atomic E-state index is 13.7. The van der Waals surface area contributed by atoms with Crippen LogP contribution in [0.15, 0.2) is 18.2 Å². The van der Waals surface area contributed by atoms with E-state index in [0.717, 1.165) is 18.2 Å². The average molecular weight is 421 g/mol. The number of ether oxygens (including phenoxy) is 1. The number of likely N-dealkylation sites (tertiary alicyclic amines) is 1. The number of aliphatic hydroxyl groups is 1. The lowest BCUT2D eigenvalue weighted by molar-refractivity contribution is -0.275. The molecule has 3 N–H and O–H groups in total. The van der Waals surface area contributed by atoms with Crippen molar-refractivity contribution < 1.29 is 37.0 Å². The van der Waals surface area contributed by atoms with Crippen LogP contribution in [-0.2, 0) is 4.79 Å². The van der Waals surface area contributed by atoms with Gasteiger partial charge in [0.25, 0.3) is 0 Å². The number of nitrogens with one attached hydrogen (secondary N) is 2. The molecule has 7 nitrogen and oxygen atoms in total.